The first-order chi connectivity index (χ1) is 16.2. The van der Waals surface area contributed by atoms with E-state index in [1.165, 1.54) is 75.8 Å². The number of hydrogen-bond acceptors (Lipinski definition) is 2. The summed E-state index contributed by atoms with van der Waals surface area (Å²) in [6, 6.07) is 18.9. The molecule has 0 spiro atoms. The molecule has 0 aromatic heterocycles. The summed E-state index contributed by atoms with van der Waals surface area (Å²) in [4.78, 5) is 10.7. The highest BCUT2D eigenvalue weighted by Crippen LogP contribution is 2.26. The molecule has 0 amide bonds. The van der Waals surface area contributed by atoms with E-state index in [2.05, 4.69) is 54.7 Å². The topological polar surface area (TPSA) is 49.3 Å². The zero-order valence-electron chi connectivity index (χ0n) is 20.2. The van der Waals surface area contributed by atoms with Gasteiger partial charge in [-0.15, -0.1) is 0 Å². The summed E-state index contributed by atoms with van der Waals surface area (Å²) in [6.07, 6.45) is 21.5. The van der Waals surface area contributed by atoms with E-state index in [9.17, 15) is 4.79 Å². The molecule has 2 N–H and O–H groups in total. The van der Waals surface area contributed by atoms with E-state index in [0.717, 1.165) is 17.7 Å². The van der Waals surface area contributed by atoms with Gasteiger partial charge in [0.15, 0.2) is 0 Å². The third kappa shape index (κ3) is 12.1. The van der Waals surface area contributed by atoms with Crippen LogP contribution in [0.25, 0.3) is 6.08 Å². The molecule has 0 saturated carbocycles. The Kier molecular flexibility index (Phi) is 13.4. The van der Waals surface area contributed by atoms with Crippen LogP contribution in [0, 0.1) is 0 Å². The number of carboxylic acids is 1. The quantitative estimate of drug-likeness (QED) is 0.145. The number of rotatable bonds is 17. The van der Waals surface area contributed by atoms with Crippen LogP contribution in [0.4, 0.5) is 5.69 Å². The van der Waals surface area contributed by atoms with Gasteiger partial charge in [-0.3, -0.25) is 0 Å². The van der Waals surface area contributed by atoms with Crippen molar-refractivity contribution in [1.29, 1.82) is 0 Å². The van der Waals surface area contributed by atoms with Gasteiger partial charge in [0.1, 0.15) is 0 Å². The van der Waals surface area contributed by atoms with E-state index in [1.807, 2.05) is 24.3 Å². The zero-order chi connectivity index (χ0) is 23.6. The molecule has 3 heteroatoms. The fourth-order valence-electron chi connectivity index (χ4n) is 4.08. The van der Waals surface area contributed by atoms with Gasteiger partial charge in [-0.25, -0.2) is 4.79 Å². The first-order valence-corrected chi connectivity index (χ1v) is 12.6. The second kappa shape index (κ2) is 16.8. The Labute approximate surface area is 200 Å². The second-order valence-corrected chi connectivity index (χ2v) is 8.73. The number of unbranched alkanes of at least 4 members (excludes halogenated alkanes) is 9. The number of carbonyl (C=O) groups is 1. The Hall–Kier alpha value is -2.81. The van der Waals surface area contributed by atoms with Crippen LogP contribution in [0.3, 0.4) is 0 Å². The van der Waals surface area contributed by atoms with Crippen LogP contribution in [0.2, 0.25) is 0 Å². The molecule has 2 aromatic carbocycles. The minimum Gasteiger partial charge on any atom is -0.478 e. The van der Waals surface area contributed by atoms with E-state index in [1.54, 1.807) is 6.08 Å². The molecule has 0 saturated heterocycles. The molecule has 0 radical (unpaired) electrons. The van der Waals surface area contributed by atoms with Crippen molar-refractivity contribution in [3.8, 4) is 0 Å². The number of anilines is 1. The number of allylic oxidation sites excluding steroid dienone is 2. The van der Waals surface area contributed by atoms with Gasteiger partial charge in [0.2, 0.25) is 0 Å². The van der Waals surface area contributed by atoms with Crippen LogP contribution in [0.5, 0.6) is 0 Å². The summed E-state index contributed by atoms with van der Waals surface area (Å²) in [6.45, 7) is 2.10. The third-order valence-corrected chi connectivity index (χ3v) is 5.97. The molecule has 2 rings (SSSR count). The van der Waals surface area contributed by atoms with Crippen molar-refractivity contribution in [3.05, 3.63) is 84.0 Å². The summed E-state index contributed by atoms with van der Waals surface area (Å²) >= 11 is 0. The van der Waals surface area contributed by atoms with Crippen LogP contribution in [0.15, 0.2) is 72.8 Å². The van der Waals surface area contributed by atoms with Crippen LogP contribution >= 0.6 is 0 Å². The average molecular weight is 448 g/mol. The highest BCUT2D eigenvalue weighted by Gasteiger charge is 2.11. The van der Waals surface area contributed by atoms with Crippen molar-refractivity contribution in [2.45, 2.75) is 83.6 Å². The summed E-state index contributed by atoms with van der Waals surface area (Å²) in [5, 5.41) is 12.5. The molecular formula is C30H41NO2. The molecule has 178 valence electrons. The van der Waals surface area contributed by atoms with Crippen LogP contribution in [-0.4, -0.2) is 11.1 Å². The highest BCUT2D eigenvalue weighted by molar-refractivity contribution is 5.85. The fraction of sp³-hybridized carbons (Fsp3) is 0.433. The normalized spacial score (nSPS) is 12.4. The molecule has 0 bridgehead atoms. The number of benzene rings is 2. The van der Waals surface area contributed by atoms with E-state index in [-0.39, 0.29) is 6.04 Å². The van der Waals surface area contributed by atoms with Crippen LogP contribution in [-0.2, 0) is 4.79 Å². The van der Waals surface area contributed by atoms with Crippen LogP contribution in [0.1, 0.15) is 94.7 Å². The summed E-state index contributed by atoms with van der Waals surface area (Å²) in [7, 11) is 0. The van der Waals surface area contributed by atoms with Gasteiger partial charge in [-0.1, -0.05) is 106 Å². The minimum absolute atomic E-state index is 0.281. The molecule has 3 nitrogen and oxygen atoms in total. The summed E-state index contributed by atoms with van der Waals surface area (Å²) in [5.74, 6) is -0.929. The van der Waals surface area contributed by atoms with Crippen molar-refractivity contribution in [3.63, 3.8) is 0 Å². The Balaban J connectivity index is 1.72. The zero-order valence-corrected chi connectivity index (χ0v) is 20.2. The number of aliphatic carboxylic acids is 1. The van der Waals surface area contributed by atoms with Crippen LogP contribution < -0.4 is 5.32 Å². The minimum atomic E-state index is -0.929. The van der Waals surface area contributed by atoms with E-state index in [0.29, 0.717) is 0 Å². The Morgan fingerprint density at radius 1 is 0.848 bits per heavy atom. The molecule has 0 aliphatic heterocycles. The van der Waals surface area contributed by atoms with Gasteiger partial charge in [0.25, 0.3) is 0 Å². The van der Waals surface area contributed by atoms with Gasteiger partial charge in [0, 0.05) is 11.8 Å². The van der Waals surface area contributed by atoms with Crippen molar-refractivity contribution in [2.75, 3.05) is 5.32 Å². The van der Waals surface area contributed by atoms with Gasteiger partial charge in [-0.2, -0.15) is 0 Å². The monoisotopic (exact) mass is 447 g/mol. The lowest BCUT2D eigenvalue weighted by molar-refractivity contribution is -0.131. The van der Waals surface area contributed by atoms with Crippen molar-refractivity contribution in [1.82, 2.24) is 0 Å². The molecular weight excluding hydrogens is 406 g/mol. The van der Waals surface area contributed by atoms with E-state index >= 15 is 0 Å². The third-order valence-electron chi connectivity index (χ3n) is 5.97. The SMILES string of the molecule is C/C=C/CCCCCCCCCCCC(Nc1ccc(/C=C/C(=O)O)cc1)c1ccccc1. The maximum Gasteiger partial charge on any atom is 0.328 e. The predicted molar refractivity (Wildman–Crippen MR) is 142 cm³/mol. The van der Waals surface area contributed by atoms with Gasteiger partial charge in [-0.05, 0) is 55.5 Å². The first-order valence-electron chi connectivity index (χ1n) is 12.6. The number of nitrogens with one attached hydrogen (secondary N) is 1. The Morgan fingerprint density at radius 3 is 2.06 bits per heavy atom. The Bertz CT molecular complexity index is 824. The molecule has 0 fully saturated rings. The lowest BCUT2D eigenvalue weighted by atomic mass is 9.98. The summed E-state index contributed by atoms with van der Waals surface area (Å²) in [5.41, 5.74) is 3.26. The average Bonchev–Trinajstić information content (AvgIpc) is 2.84. The molecule has 0 aliphatic carbocycles. The van der Waals surface area contributed by atoms with Gasteiger partial charge in [0.05, 0.1) is 6.04 Å². The van der Waals surface area contributed by atoms with E-state index in [4.69, 9.17) is 5.11 Å². The Morgan fingerprint density at radius 2 is 1.45 bits per heavy atom. The number of hydrogen-bond donors (Lipinski definition) is 2. The maximum absolute atomic E-state index is 10.7. The van der Waals surface area contributed by atoms with Crippen molar-refractivity contribution in [2.24, 2.45) is 0 Å². The maximum atomic E-state index is 10.7. The fourth-order valence-corrected chi connectivity index (χ4v) is 4.08. The summed E-state index contributed by atoms with van der Waals surface area (Å²) < 4.78 is 0. The highest BCUT2D eigenvalue weighted by atomic mass is 16.4. The molecule has 0 heterocycles. The molecule has 1 unspecified atom stereocenters. The number of carboxylic acid groups (broad SMARTS) is 1. The van der Waals surface area contributed by atoms with Gasteiger partial charge >= 0.3 is 5.97 Å². The predicted octanol–water partition coefficient (Wildman–Crippen LogP) is 8.80. The lowest BCUT2D eigenvalue weighted by Gasteiger charge is -2.21. The molecule has 1 atom stereocenters. The smallest absolute Gasteiger partial charge is 0.328 e. The van der Waals surface area contributed by atoms with E-state index < -0.39 is 5.97 Å². The molecule has 33 heavy (non-hydrogen) atoms. The molecule has 0 aliphatic rings. The molecule has 2 aromatic rings. The first kappa shape index (κ1) is 26.4. The van der Waals surface area contributed by atoms with Gasteiger partial charge < -0.3 is 10.4 Å². The lowest BCUT2D eigenvalue weighted by Crippen LogP contribution is -2.10. The van der Waals surface area contributed by atoms with Crippen molar-refractivity contribution >= 4 is 17.7 Å². The van der Waals surface area contributed by atoms with Crippen molar-refractivity contribution < 1.29 is 9.90 Å². The second-order valence-electron chi connectivity index (χ2n) is 8.73. The largest absolute Gasteiger partial charge is 0.478 e. The standard InChI is InChI=1S/C30H41NO2/c1-2-3-4-5-6-7-8-9-10-11-12-16-19-29(27-17-14-13-15-18-27)31-28-23-20-26(21-24-28)22-25-30(32)33/h2-3,13-15,17-18,20-25,29,31H,4-12,16,19H2,1H3,(H,32,33)/b3-2+,25-22+.